The number of methoxy groups -OCH3 is 1. The Kier molecular flexibility index (Phi) is 5.29. The predicted molar refractivity (Wildman–Crippen MR) is 99.6 cm³/mol. The van der Waals surface area contributed by atoms with Gasteiger partial charge >= 0.3 is 0 Å². The van der Waals surface area contributed by atoms with Gasteiger partial charge in [-0.15, -0.1) is 0 Å². The number of anilines is 1. The molecule has 1 atom stereocenters. The Labute approximate surface area is 153 Å². The Morgan fingerprint density at radius 3 is 2.58 bits per heavy atom. The molecule has 1 aliphatic rings. The van der Waals surface area contributed by atoms with Gasteiger partial charge in [0.25, 0.3) is 0 Å². The molecule has 1 saturated heterocycles. The van der Waals surface area contributed by atoms with Crippen LogP contribution in [0.25, 0.3) is 0 Å². The molecule has 3 rings (SSSR count). The summed E-state index contributed by atoms with van der Waals surface area (Å²) in [4.78, 5) is 11.3. The first kappa shape index (κ1) is 18.4. The smallest absolute Gasteiger partial charge is 0.243 e. The van der Waals surface area contributed by atoms with Crippen LogP contribution in [0.5, 0.6) is 5.75 Å². The highest BCUT2D eigenvalue weighted by Crippen LogP contribution is 2.37. The highest BCUT2D eigenvalue weighted by molar-refractivity contribution is 7.89. The van der Waals surface area contributed by atoms with Crippen molar-refractivity contribution in [3.8, 4) is 5.75 Å². The second-order valence-corrected chi connectivity index (χ2v) is 8.15. The second-order valence-electron chi connectivity index (χ2n) is 6.26. The lowest BCUT2D eigenvalue weighted by atomic mass is 10.1. The zero-order valence-corrected chi connectivity index (χ0v) is 15.6. The molecular formula is C19H22N2O4S. The molecule has 1 N–H and O–H groups in total. The number of hydrogen-bond acceptors (Lipinski definition) is 4. The van der Waals surface area contributed by atoms with E-state index in [4.69, 9.17) is 4.74 Å². The molecule has 1 heterocycles. The molecule has 6 nitrogen and oxygen atoms in total. The largest absolute Gasteiger partial charge is 0.497 e. The fraction of sp³-hybridized carbons (Fsp3) is 0.316. The monoisotopic (exact) mass is 374 g/mol. The third-order valence-electron chi connectivity index (χ3n) is 4.46. The van der Waals surface area contributed by atoms with Crippen LogP contribution in [-0.4, -0.2) is 32.3 Å². The minimum atomic E-state index is -3.62. The fourth-order valence-corrected chi connectivity index (χ4v) is 4.94. The average molecular weight is 374 g/mol. The topological polar surface area (TPSA) is 75.7 Å². The summed E-state index contributed by atoms with van der Waals surface area (Å²) in [5.74, 6) is 0.518. The van der Waals surface area contributed by atoms with Gasteiger partial charge in [0.15, 0.2) is 0 Å². The van der Waals surface area contributed by atoms with Crippen molar-refractivity contribution in [1.29, 1.82) is 0 Å². The average Bonchev–Trinajstić information content (AvgIpc) is 3.12. The standard InChI is InChI=1S/C19H22N2O4S/c1-14(22)20-16-8-10-18(11-9-16)26(23,24)21-12-4-7-19(21)15-5-3-6-17(13-15)25-2/h3,5-6,8-11,13,19H,4,7,12H2,1-2H3,(H,20,22). The molecule has 26 heavy (non-hydrogen) atoms. The maximum atomic E-state index is 13.1. The lowest BCUT2D eigenvalue weighted by Crippen LogP contribution is -2.30. The molecule has 1 unspecified atom stereocenters. The quantitative estimate of drug-likeness (QED) is 0.872. The summed E-state index contributed by atoms with van der Waals surface area (Å²) < 4.78 is 33.0. The summed E-state index contributed by atoms with van der Waals surface area (Å²) in [5, 5.41) is 2.64. The van der Waals surface area contributed by atoms with Crippen LogP contribution >= 0.6 is 0 Å². The molecule has 2 aromatic carbocycles. The molecule has 0 aromatic heterocycles. The molecule has 0 aliphatic carbocycles. The van der Waals surface area contributed by atoms with Crippen molar-refractivity contribution in [2.75, 3.05) is 19.0 Å². The van der Waals surface area contributed by atoms with E-state index in [9.17, 15) is 13.2 Å². The number of amides is 1. The molecule has 1 fully saturated rings. The van der Waals surface area contributed by atoms with Gasteiger partial charge in [0.1, 0.15) is 5.75 Å². The summed E-state index contributed by atoms with van der Waals surface area (Å²) in [5.41, 5.74) is 1.50. The SMILES string of the molecule is COc1cccc(C2CCCN2S(=O)(=O)c2ccc(NC(C)=O)cc2)c1. The molecule has 7 heteroatoms. The Balaban J connectivity index is 1.88. The minimum Gasteiger partial charge on any atom is -0.497 e. The van der Waals surface area contributed by atoms with Crippen LogP contribution in [0.2, 0.25) is 0 Å². The maximum Gasteiger partial charge on any atom is 0.243 e. The molecule has 138 valence electrons. The van der Waals surface area contributed by atoms with Crippen LogP contribution in [0.1, 0.15) is 31.4 Å². The van der Waals surface area contributed by atoms with Gasteiger partial charge in [-0.05, 0) is 54.8 Å². The van der Waals surface area contributed by atoms with Gasteiger partial charge < -0.3 is 10.1 Å². The number of nitrogens with one attached hydrogen (secondary N) is 1. The lowest BCUT2D eigenvalue weighted by molar-refractivity contribution is -0.114. The van der Waals surface area contributed by atoms with Crippen molar-refractivity contribution < 1.29 is 17.9 Å². The van der Waals surface area contributed by atoms with Crippen LogP contribution in [0.3, 0.4) is 0 Å². The van der Waals surface area contributed by atoms with E-state index in [1.54, 1.807) is 23.5 Å². The highest BCUT2D eigenvalue weighted by Gasteiger charge is 2.36. The number of ether oxygens (including phenoxy) is 1. The first-order valence-corrected chi connectivity index (χ1v) is 9.89. The van der Waals surface area contributed by atoms with Crippen molar-refractivity contribution in [1.82, 2.24) is 4.31 Å². The van der Waals surface area contributed by atoms with E-state index >= 15 is 0 Å². The molecule has 0 saturated carbocycles. The Morgan fingerprint density at radius 2 is 1.92 bits per heavy atom. The van der Waals surface area contributed by atoms with Gasteiger partial charge in [-0.25, -0.2) is 8.42 Å². The normalized spacial score (nSPS) is 17.8. The summed E-state index contributed by atoms with van der Waals surface area (Å²) in [6, 6.07) is 13.6. The fourth-order valence-electron chi connectivity index (χ4n) is 3.26. The lowest BCUT2D eigenvalue weighted by Gasteiger charge is -2.25. The van der Waals surface area contributed by atoms with Gasteiger partial charge in [-0.3, -0.25) is 4.79 Å². The zero-order valence-electron chi connectivity index (χ0n) is 14.8. The van der Waals surface area contributed by atoms with Crippen molar-refractivity contribution in [3.05, 3.63) is 54.1 Å². The molecule has 0 bridgehead atoms. The predicted octanol–water partition coefficient (Wildman–Crippen LogP) is 3.18. The second kappa shape index (κ2) is 7.47. The van der Waals surface area contributed by atoms with Crippen LogP contribution in [0.4, 0.5) is 5.69 Å². The maximum absolute atomic E-state index is 13.1. The van der Waals surface area contributed by atoms with E-state index in [1.807, 2.05) is 24.3 Å². The van der Waals surface area contributed by atoms with Gasteiger partial charge in [0.05, 0.1) is 18.0 Å². The van der Waals surface area contributed by atoms with Crippen LogP contribution < -0.4 is 10.1 Å². The molecule has 1 aliphatic heterocycles. The molecule has 1 amide bonds. The Morgan fingerprint density at radius 1 is 1.19 bits per heavy atom. The van der Waals surface area contributed by atoms with Crippen molar-refractivity contribution >= 4 is 21.6 Å². The molecule has 2 aromatic rings. The minimum absolute atomic E-state index is 0.196. The van der Waals surface area contributed by atoms with Crippen LogP contribution in [0, 0.1) is 0 Å². The first-order valence-electron chi connectivity index (χ1n) is 8.45. The Bertz CT molecular complexity index is 894. The van der Waals surface area contributed by atoms with E-state index in [1.165, 1.54) is 19.1 Å². The Hall–Kier alpha value is -2.38. The summed E-state index contributed by atoms with van der Waals surface area (Å²) >= 11 is 0. The zero-order chi connectivity index (χ0) is 18.7. The van der Waals surface area contributed by atoms with Crippen molar-refractivity contribution in [3.63, 3.8) is 0 Å². The van der Waals surface area contributed by atoms with E-state index < -0.39 is 10.0 Å². The van der Waals surface area contributed by atoms with E-state index in [-0.39, 0.29) is 16.8 Å². The van der Waals surface area contributed by atoms with Crippen molar-refractivity contribution in [2.45, 2.75) is 30.7 Å². The summed E-state index contributed by atoms with van der Waals surface area (Å²) in [6.07, 6.45) is 1.58. The van der Waals surface area contributed by atoms with Gasteiger partial charge in [0.2, 0.25) is 15.9 Å². The number of carbonyl (C=O) groups excluding carboxylic acids is 1. The summed E-state index contributed by atoms with van der Waals surface area (Å²) in [6.45, 7) is 1.89. The molecule has 0 radical (unpaired) electrons. The van der Waals surface area contributed by atoms with E-state index in [0.717, 1.165) is 18.4 Å². The van der Waals surface area contributed by atoms with Gasteiger partial charge in [-0.1, -0.05) is 12.1 Å². The first-order chi connectivity index (χ1) is 12.4. The summed E-state index contributed by atoms with van der Waals surface area (Å²) in [7, 11) is -2.02. The number of benzene rings is 2. The van der Waals surface area contributed by atoms with Gasteiger partial charge in [-0.2, -0.15) is 4.31 Å². The number of nitrogens with zero attached hydrogens (tertiary/aromatic N) is 1. The van der Waals surface area contributed by atoms with Crippen LogP contribution in [-0.2, 0) is 14.8 Å². The molecule has 0 spiro atoms. The van der Waals surface area contributed by atoms with Crippen molar-refractivity contribution in [2.24, 2.45) is 0 Å². The number of sulfonamides is 1. The third kappa shape index (κ3) is 3.73. The number of rotatable bonds is 5. The number of carbonyl (C=O) groups is 1. The van der Waals surface area contributed by atoms with E-state index in [0.29, 0.717) is 18.0 Å². The number of hydrogen-bond donors (Lipinski definition) is 1. The molecular weight excluding hydrogens is 352 g/mol. The highest BCUT2D eigenvalue weighted by atomic mass is 32.2. The van der Waals surface area contributed by atoms with Crippen LogP contribution in [0.15, 0.2) is 53.4 Å². The van der Waals surface area contributed by atoms with Gasteiger partial charge in [0, 0.05) is 19.2 Å². The third-order valence-corrected chi connectivity index (χ3v) is 6.39. The van der Waals surface area contributed by atoms with E-state index in [2.05, 4.69) is 5.32 Å².